The Morgan fingerprint density at radius 1 is 1.29 bits per heavy atom. The molecule has 0 aromatic heterocycles. The summed E-state index contributed by atoms with van der Waals surface area (Å²) in [5.41, 5.74) is 0. The minimum atomic E-state index is -0.883. The number of carbonyl (C=O) groups excluding carboxylic acids is 1. The molecule has 0 aliphatic heterocycles. The van der Waals surface area contributed by atoms with E-state index in [0.29, 0.717) is 12.5 Å². The van der Waals surface area contributed by atoms with E-state index in [1.807, 2.05) is 13.8 Å². The standard InChI is InChI=1S/C12H24N2O3/c1-5-14(7-6-11(15)16)12(17)13-10(4)8-9(2)3/h9-10H,5-8H2,1-4H3,(H,13,17)(H,15,16). The fraction of sp³-hybridized carbons (Fsp3) is 0.833. The monoisotopic (exact) mass is 244 g/mol. The van der Waals surface area contributed by atoms with Crippen LogP contribution in [0.25, 0.3) is 0 Å². The molecule has 0 aliphatic rings. The molecule has 2 N–H and O–H groups in total. The van der Waals surface area contributed by atoms with Gasteiger partial charge in [0.1, 0.15) is 0 Å². The summed E-state index contributed by atoms with van der Waals surface area (Å²) in [4.78, 5) is 23.8. The Hall–Kier alpha value is -1.26. The third-order valence-electron chi connectivity index (χ3n) is 2.46. The minimum absolute atomic E-state index is 0.0141. The van der Waals surface area contributed by atoms with Crippen LogP contribution in [0.5, 0.6) is 0 Å². The van der Waals surface area contributed by atoms with E-state index in [1.54, 1.807) is 0 Å². The van der Waals surface area contributed by atoms with Crippen molar-refractivity contribution in [2.75, 3.05) is 13.1 Å². The first-order valence-corrected chi connectivity index (χ1v) is 6.14. The highest BCUT2D eigenvalue weighted by Crippen LogP contribution is 2.04. The quantitative estimate of drug-likeness (QED) is 0.719. The maximum Gasteiger partial charge on any atom is 0.317 e. The lowest BCUT2D eigenvalue weighted by atomic mass is 10.1. The van der Waals surface area contributed by atoms with E-state index in [9.17, 15) is 9.59 Å². The number of rotatable bonds is 7. The summed E-state index contributed by atoms with van der Waals surface area (Å²) in [6.07, 6.45) is 0.905. The zero-order valence-corrected chi connectivity index (χ0v) is 11.2. The summed E-state index contributed by atoms with van der Waals surface area (Å²) in [6.45, 7) is 8.78. The van der Waals surface area contributed by atoms with Crippen molar-refractivity contribution < 1.29 is 14.7 Å². The fourth-order valence-corrected chi connectivity index (χ4v) is 1.70. The number of amides is 2. The normalized spacial score (nSPS) is 12.3. The first kappa shape index (κ1) is 15.7. The lowest BCUT2D eigenvalue weighted by molar-refractivity contribution is -0.137. The van der Waals surface area contributed by atoms with Crippen molar-refractivity contribution >= 4 is 12.0 Å². The molecular weight excluding hydrogens is 220 g/mol. The van der Waals surface area contributed by atoms with Crippen LogP contribution >= 0.6 is 0 Å². The average Bonchev–Trinajstić information content (AvgIpc) is 2.16. The van der Waals surface area contributed by atoms with Crippen molar-refractivity contribution in [3.63, 3.8) is 0 Å². The Morgan fingerprint density at radius 2 is 1.88 bits per heavy atom. The molecule has 100 valence electrons. The van der Waals surface area contributed by atoms with E-state index in [4.69, 9.17) is 5.11 Å². The van der Waals surface area contributed by atoms with Crippen LogP contribution in [0.3, 0.4) is 0 Å². The lowest BCUT2D eigenvalue weighted by Gasteiger charge is -2.24. The van der Waals surface area contributed by atoms with Crippen molar-refractivity contribution in [1.29, 1.82) is 0 Å². The molecule has 0 rings (SSSR count). The van der Waals surface area contributed by atoms with Gasteiger partial charge < -0.3 is 15.3 Å². The first-order chi connectivity index (χ1) is 7.86. The van der Waals surface area contributed by atoms with E-state index in [2.05, 4.69) is 19.2 Å². The van der Waals surface area contributed by atoms with Crippen LogP contribution in [0.1, 0.15) is 40.5 Å². The van der Waals surface area contributed by atoms with Gasteiger partial charge in [0.2, 0.25) is 0 Å². The number of hydrogen-bond donors (Lipinski definition) is 2. The highest BCUT2D eigenvalue weighted by molar-refractivity contribution is 5.75. The summed E-state index contributed by atoms with van der Waals surface area (Å²) in [6, 6.07) is -0.0664. The SMILES string of the molecule is CCN(CCC(=O)O)C(=O)NC(C)CC(C)C. The van der Waals surface area contributed by atoms with Gasteiger partial charge in [-0.1, -0.05) is 13.8 Å². The van der Waals surface area contributed by atoms with Gasteiger partial charge in [0.15, 0.2) is 0 Å². The molecular formula is C12H24N2O3. The summed E-state index contributed by atoms with van der Waals surface area (Å²) in [5.74, 6) is -0.356. The molecule has 0 radical (unpaired) electrons. The van der Waals surface area contributed by atoms with Crippen LogP contribution in [0, 0.1) is 5.92 Å². The second-order valence-electron chi connectivity index (χ2n) is 4.70. The molecule has 0 fully saturated rings. The van der Waals surface area contributed by atoms with Gasteiger partial charge >= 0.3 is 12.0 Å². The maximum atomic E-state index is 11.8. The summed E-state index contributed by atoms with van der Waals surface area (Å²) >= 11 is 0. The number of nitrogens with zero attached hydrogens (tertiary/aromatic N) is 1. The van der Waals surface area contributed by atoms with Crippen molar-refractivity contribution in [3.8, 4) is 0 Å². The van der Waals surface area contributed by atoms with Gasteiger partial charge in [0, 0.05) is 19.1 Å². The Balaban J connectivity index is 4.11. The van der Waals surface area contributed by atoms with Crippen molar-refractivity contribution in [2.24, 2.45) is 5.92 Å². The molecule has 0 bridgehead atoms. The Bertz CT molecular complexity index is 254. The first-order valence-electron chi connectivity index (χ1n) is 6.14. The van der Waals surface area contributed by atoms with Crippen molar-refractivity contribution in [2.45, 2.75) is 46.6 Å². The molecule has 0 aliphatic carbocycles. The van der Waals surface area contributed by atoms with Gasteiger partial charge in [-0.05, 0) is 26.2 Å². The second kappa shape index (κ2) is 7.92. The van der Waals surface area contributed by atoms with Crippen LogP contribution in [0.4, 0.5) is 4.79 Å². The molecule has 0 aromatic rings. The molecule has 0 saturated heterocycles. The number of carboxylic acids is 1. The molecule has 0 saturated carbocycles. The van der Waals surface area contributed by atoms with Crippen LogP contribution in [-0.2, 0) is 4.79 Å². The van der Waals surface area contributed by atoms with Gasteiger partial charge in [0.25, 0.3) is 0 Å². The van der Waals surface area contributed by atoms with Crippen molar-refractivity contribution in [3.05, 3.63) is 0 Å². The third-order valence-corrected chi connectivity index (χ3v) is 2.46. The van der Waals surface area contributed by atoms with Crippen LogP contribution in [0.2, 0.25) is 0 Å². The number of hydrogen-bond acceptors (Lipinski definition) is 2. The van der Waals surface area contributed by atoms with Gasteiger partial charge in [-0.2, -0.15) is 0 Å². The smallest absolute Gasteiger partial charge is 0.317 e. The molecule has 5 nitrogen and oxygen atoms in total. The van der Waals surface area contributed by atoms with E-state index in [-0.39, 0.29) is 25.0 Å². The molecule has 0 aromatic carbocycles. The molecule has 1 atom stereocenters. The van der Waals surface area contributed by atoms with Crippen molar-refractivity contribution in [1.82, 2.24) is 10.2 Å². The molecule has 17 heavy (non-hydrogen) atoms. The number of carboxylic acid groups (broad SMARTS) is 1. The second-order valence-corrected chi connectivity index (χ2v) is 4.70. The largest absolute Gasteiger partial charge is 0.481 e. The molecule has 1 unspecified atom stereocenters. The van der Waals surface area contributed by atoms with E-state index < -0.39 is 5.97 Å². The highest BCUT2D eigenvalue weighted by atomic mass is 16.4. The molecule has 0 heterocycles. The summed E-state index contributed by atoms with van der Waals surface area (Å²) in [5, 5.41) is 11.5. The predicted molar refractivity (Wildman–Crippen MR) is 66.9 cm³/mol. The summed E-state index contributed by atoms with van der Waals surface area (Å²) < 4.78 is 0. The fourth-order valence-electron chi connectivity index (χ4n) is 1.70. The van der Waals surface area contributed by atoms with Crippen LogP contribution in [0.15, 0.2) is 0 Å². The number of nitrogens with one attached hydrogen (secondary N) is 1. The molecule has 5 heteroatoms. The lowest BCUT2D eigenvalue weighted by Crippen LogP contribution is -2.44. The van der Waals surface area contributed by atoms with E-state index >= 15 is 0 Å². The number of carbonyl (C=O) groups is 2. The zero-order chi connectivity index (χ0) is 13.4. The van der Waals surface area contributed by atoms with Crippen LogP contribution < -0.4 is 5.32 Å². The Labute approximate surface area is 103 Å². The predicted octanol–water partition coefficient (Wildman–Crippen LogP) is 1.93. The topological polar surface area (TPSA) is 69.6 Å². The Kier molecular flexibility index (Phi) is 7.34. The third kappa shape index (κ3) is 7.60. The number of aliphatic carboxylic acids is 1. The molecule has 2 amide bonds. The number of urea groups is 1. The highest BCUT2D eigenvalue weighted by Gasteiger charge is 2.15. The Morgan fingerprint density at radius 3 is 2.29 bits per heavy atom. The van der Waals surface area contributed by atoms with Gasteiger partial charge in [-0.15, -0.1) is 0 Å². The van der Waals surface area contributed by atoms with E-state index in [1.165, 1.54) is 4.90 Å². The van der Waals surface area contributed by atoms with Crippen LogP contribution in [-0.4, -0.2) is 41.1 Å². The van der Waals surface area contributed by atoms with Gasteiger partial charge in [-0.25, -0.2) is 4.79 Å². The minimum Gasteiger partial charge on any atom is -0.481 e. The zero-order valence-electron chi connectivity index (χ0n) is 11.2. The van der Waals surface area contributed by atoms with E-state index in [0.717, 1.165) is 6.42 Å². The van der Waals surface area contributed by atoms with Gasteiger partial charge in [-0.3, -0.25) is 4.79 Å². The summed E-state index contributed by atoms with van der Waals surface area (Å²) in [7, 11) is 0. The molecule has 0 spiro atoms. The maximum absolute atomic E-state index is 11.8. The average molecular weight is 244 g/mol. The van der Waals surface area contributed by atoms with Gasteiger partial charge in [0.05, 0.1) is 6.42 Å².